The van der Waals surface area contributed by atoms with Crippen LogP contribution in [0, 0.1) is 0 Å². The molecule has 0 spiro atoms. The van der Waals surface area contributed by atoms with Crippen molar-refractivity contribution in [3.8, 4) is 5.75 Å². The summed E-state index contributed by atoms with van der Waals surface area (Å²) in [6.45, 7) is 0.965. The van der Waals surface area contributed by atoms with E-state index in [0.717, 1.165) is 17.5 Å². The molecule has 1 saturated heterocycles. The second-order valence-corrected chi connectivity index (χ2v) is 7.46. The first kappa shape index (κ1) is 20.5. The minimum Gasteiger partial charge on any atom is -0.497 e. The molecule has 2 aliphatic rings. The number of fused-ring (bicyclic) bond motifs is 1. The molecule has 1 aromatic heterocycles. The first-order valence-corrected chi connectivity index (χ1v) is 9.81. The van der Waals surface area contributed by atoms with Gasteiger partial charge in [0, 0.05) is 19.6 Å². The number of nitrogens with zero attached hydrogens (tertiary/aromatic N) is 2. The van der Waals surface area contributed by atoms with Crippen LogP contribution in [-0.2, 0) is 4.74 Å². The number of halogens is 3. The third-order valence-electron chi connectivity index (χ3n) is 5.49. The van der Waals surface area contributed by atoms with E-state index in [1.54, 1.807) is 24.3 Å². The van der Waals surface area contributed by atoms with Crippen LogP contribution in [0.5, 0.6) is 5.75 Å². The Morgan fingerprint density at radius 2 is 2.27 bits per heavy atom. The van der Waals surface area contributed by atoms with E-state index in [4.69, 9.17) is 9.47 Å². The molecule has 30 heavy (non-hydrogen) atoms. The minimum atomic E-state index is -4.51. The molecule has 0 unspecified atom stereocenters. The molecule has 2 N–H and O–H groups in total. The van der Waals surface area contributed by atoms with Gasteiger partial charge < -0.3 is 20.1 Å². The highest BCUT2D eigenvalue weighted by molar-refractivity contribution is 5.98. The lowest BCUT2D eigenvalue weighted by Crippen LogP contribution is -2.37. The Morgan fingerprint density at radius 1 is 1.43 bits per heavy atom. The predicted molar refractivity (Wildman–Crippen MR) is 103 cm³/mol. The van der Waals surface area contributed by atoms with Crippen LogP contribution in [-0.4, -0.2) is 48.2 Å². The van der Waals surface area contributed by atoms with Gasteiger partial charge in [0.2, 0.25) is 0 Å². The third-order valence-corrected chi connectivity index (χ3v) is 5.49. The van der Waals surface area contributed by atoms with Gasteiger partial charge in [0.05, 0.1) is 25.5 Å². The van der Waals surface area contributed by atoms with E-state index in [-0.39, 0.29) is 23.9 Å². The van der Waals surface area contributed by atoms with Crippen molar-refractivity contribution >= 4 is 11.7 Å². The molecule has 1 amide bonds. The Balaban J connectivity index is 1.61. The highest BCUT2D eigenvalue weighted by Gasteiger charge is 2.47. The van der Waals surface area contributed by atoms with Gasteiger partial charge in [0.15, 0.2) is 6.04 Å². The van der Waals surface area contributed by atoms with Crippen molar-refractivity contribution in [2.45, 2.75) is 43.6 Å². The predicted octanol–water partition coefficient (Wildman–Crippen LogP) is 3.46. The fourth-order valence-corrected chi connectivity index (χ4v) is 3.91. The van der Waals surface area contributed by atoms with Crippen LogP contribution in [0.15, 0.2) is 30.5 Å². The quantitative estimate of drug-likeness (QED) is 0.769. The molecule has 3 atom stereocenters. The summed E-state index contributed by atoms with van der Waals surface area (Å²) in [6, 6.07) is 4.37. The molecule has 0 bridgehead atoms. The summed E-state index contributed by atoms with van der Waals surface area (Å²) in [5, 5.41) is 9.71. The molecule has 162 valence electrons. The summed E-state index contributed by atoms with van der Waals surface area (Å²) in [6.07, 6.45) is -1.87. The lowest BCUT2D eigenvalue weighted by molar-refractivity contribution is -0.173. The Bertz CT molecular complexity index is 909. The van der Waals surface area contributed by atoms with Crippen molar-refractivity contribution in [2.24, 2.45) is 0 Å². The molecule has 2 aliphatic heterocycles. The smallest absolute Gasteiger partial charge is 0.410 e. The minimum absolute atomic E-state index is 0.0567. The van der Waals surface area contributed by atoms with E-state index >= 15 is 0 Å². The van der Waals surface area contributed by atoms with Gasteiger partial charge in [-0.15, -0.1) is 0 Å². The molecule has 3 heterocycles. The van der Waals surface area contributed by atoms with Gasteiger partial charge >= 0.3 is 6.18 Å². The highest BCUT2D eigenvalue weighted by Crippen LogP contribution is 2.44. The lowest BCUT2D eigenvalue weighted by Gasteiger charge is -2.34. The number of anilines is 1. The van der Waals surface area contributed by atoms with Crippen LogP contribution in [0.4, 0.5) is 19.0 Å². The normalized spacial score (nSPS) is 23.5. The second kappa shape index (κ2) is 8.17. The number of aromatic nitrogens is 2. The number of alkyl halides is 3. The summed E-state index contributed by atoms with van der Waals surface area (Å²) in [5.74, 6) is 0.124. The fourth-order valence-electron chi connectivity index (χ4n) is 3.91. The SMILES string of the molecule is COc1cccc([C@H]2C[C@@H](C(F)(F)F)n3ncc(C(=O)NC[C@@H]4CCCO4)c3N2)c1. The van der Waals surface area contributed by atoms with Crippen LogP contribution in [0.3, 0.4) is 0 Å². The molecule has 1 aromatic carbocycles. The summed E-state index contributed by atoms with van der Waals surface area (Å²) in [5.41, 5.74) is 0.719. The summed E-state index contributed by atoms with van der Waals surface area (Å²) in [4.78, 5) is 12.7. The van der Waals surface area contributed by atoms with Crippen LogP contribution < -0.4 is 15.4 Å². The Hall–Kier alpha value is -2.75. The Labute approximate surface area is 171 Å². The second-order valence-electron chi connectivity index (χ2n) is 7.46. The van der Waals surface area contributed by atoms with Crippen molar-refractivity contribution < 1.29 is 27.4 Å². The maximum atomic E-state index is 13.8. The molecule has 7 nitrogen and oxygen atoms in total. The lowest BCUT2D eigenvalue weighted by atomic mass is 9.96. The molecule has 4 rings (SSSR count). The number of hydrogen-bond acceptors (Lipinski definition) is 5. The maximum Gasteiger partial charge on any atom is 0.410 e. The number of methoxy groups -OCH3 is 1. The first-order valence-electron chi connectivity index (χ1n) is 9.81. The van der Waals surface area contributed by atoms with E-state index in [1.165, 1.54) is 13.3 Å². The molecular formula is C20H23F3N4O3. The number of rotatable bonds is 5. The average Bonchev–Trinajstić information content (AvgIpc) is 3.40. The van der Waals surface area contributed by atoms with Crippen LogP contribution >= 0.6 is 0 Å². The van der Waals surface area contributed by atoms with Gasteiger partial charge in [-0.05, 0) is 30.5 Å². The highest BCUT2D eigenvalue weighted by atomic mass is 19.4. The number of hydrogen-bond donors (Lipinski definition) is 2. The van der Waals surface area contributed by atoms with Crippen molar-refractivity contribution in [1.82, 2.24) is 15.1 Å². The van der Waals surface area contributed by atoms with Crippen molar-refractivity contribution in [3.05, 3.63) is 41.6 Å². The third kappa shape index (κ3) is 4.09. The molecule has 0 radical (unpaired) electrons. The zero-order chi connectivity index (χ0) is 21.3. The first-order chi connectivity index (χ1) is 14.4. The van der Waals surface area contributed by atoms with E-state index in [9.17, 15) is 18.0 Å². The van der Waals surface area contributed by atoms with Gasteiger partial charge in [-0.2, -0.15) is 18.3 Å². The molecule has 0 aliphatic carbocycles. The fraction of sp³-hybridized carbons (Fsp3) is 0.500. The van der Waals surface area contributed by atoms with Gasteiger partial charge in [0.25, 0.3) is 5.91 Å². The Kier molecular flexibility index (Phi) is 5.59. The number of amides is 1. The molecular weight excluding hydrogens is 401 g/mol. The summed E-state index contributed by atoms with van der Waals surface area (Å²) in [7, 11) is 1.50. The molecule has 10 heteroatoms. The van der Waals surface area contributed by atoms with Gasteiger partial charge in [-0.25, -0.2) is 4.68 Å². The zero-order valence-electron chi connectivity index (χ0n) is 16.4. The van der Waals surface area contributed by atoms with Crippen molar-refractivity contribution in [3.63, 3.8) is 0 Å². The van der Waals surface area contributed by atoms with Crippen LogP contribution in [0.25, 0.3) is 0 Å². The van der Waals surface area contributed by atoms with Gasteiger partial charge in [0.1, 0.15) is 17.1 Å². The molecule has 2 aromatic rings. The standard InChI is InChI=1S/C20H23F3N4O3/c1-29-13-5-2-4-12(8-13)16-9-17(20(21,22)23)27-18(26-16)15(11-25-27)19(28)24-10-14-6-3-7-30-14/h2,4-5,8,11,14,16-17,26H,3,6-7,9-10H2,1H3,(H,24,28)/t14-,16+,17-/m0/s1. The van der Waals surface area contributed by atoms with E-state index < -0.39 is 24.2 Å². The number of nitrogens with one attached hydrogen (secondary N) is 2. The monoisotopic (exact) mass is 424 g/mol. The molecule has 0 saturated carbocycles. The van der Waals surface area contributed by atoms with E-state index in [1.807, 2.05) is 0 Å². The number of benzene rings is 1. The van der Waals surface area contributed by atoms with Gasteiger partial charge in [-0.1, -0.05) is 12.1 Å². The van der Waals surface area contributed by atoms with Gasteiger partial charge in [-0.3, -0.25) is 4.79 Å². The maximum absolute atomic E-state index is 13.8. The number of carbonyl (C=O) groups is 1. The van der Waals surface area contributed by atoms with E-state index in [0.29, 0.717) is 24.5 Å². The topological polar surface area (TPSA) is 77.4 Å². The van der Waals surface area contributed by atoms with Crippen LogP contribution in [0.2, 0.25) is 0 Å². The van der Waals surface area contributed by atoms with E-state index in [2.05, 4.69) is 15.7 Å². The largest absolute Gasteiger partial charge is 0.497 e. The number of ether oxygens (including phenoxy) is 2. The summed E-state index contributed by atoms with van der Waals surface area (Å²) >= 11 is 0. The summed E-state index contributed by atoms with van der Waals surface area (Å²) < 4.78 is 52.9. The zero-order valence-corrected chi connectivity index (χ0v) is 16.4. The van der Waals surface area contributed by atoms with Crippen molar-refractivity contribution in [1.29, 1.82) is 0 Å². The molecule has 1 fully saturated rings. The van der Waals surface area contributed by atoms with Crippen LogP contribution in [0.1, 0.15) is 47.3 Å². The number of carbonyl (C=O) groups excluding carboxylic acids is 1. The van der Waals surface area contributed by atoms with Crippen molar-refractivity contribution in [2.75, 3.05) is 25.6 Å². The Morgan fingerprint density at radius 3 is 2.97 bits per heavy atom. The average molecular weight is 424 g/mol.